The van der Waals surface area contributed by atoms with Gasteiger partial charge in [0, 0.05) is 23.6 Å². The smallest absolute Gasteiger partial charge is 0.336 e. The van der Waals surface area contributed by atoms with Gasteiger partial charge < -0.3 is 14.5 Å². The molecule has 0 bridgehead atoms. The van der Waals surface area contributed by atoms with E-state index in [4.69, 9.17) is 9.15 Å². The number of ether oxygens (including phenoxy) is 1. The highest BCUT2D eigenvalue weighted by Gasteiger charge is 2.21. The molecule has 0 aliphatic heterocycles. The van der Waals surface area contributed by atoms with Crippen LogP contribution in [-0.4, -0.2) is 18.1 Å². The number of amides is 1. The van der Waals surface area contributed by atoms with Gasteiger partial charge in [-0.25, -0.2) is 4.79 Å². The summed E-state index contributed by atoms with van der Waals surface area (Å²) in [6.07, 6.45) is 3.83. The van der Waals surface area contributed by atoms with Gasteiger partial charge in [-0.3, -0.25) is 4.79 Å². The third-order valence-electron chi connectivity index (χ3n) is 3.98. The van der Waals surface area contributed by atoms with Crippen molar-refractivity contribution in [3.8, 4) is 5.75 Å². The van der Waals surface area contributed by atoms with Gasteiger partial charge in [0.25, 0.3) is 5.91 Å². The number of benzene rings is 1. The van der Waals surface area contributed by atoms with Gasteiger partial charge in [-0.15, -0.1) is 0 Å². The number of nitrogens with one attached hydrogen (secondary N) is 1. The first-order chi connectivity index (χ1) is 10.6. The summed E-state index contributed by atoms with van der Waals surface area (Å²) in [5.41, 5.74) is 0.0464. The van der Waals surface area contributed by atoms with Crippen molar-refractivity contribution < 1.29 is 13.9 Å². The fourth-order valence-corrected chi connectivity index (χ4v) is 2.76. The molecule has 5 nitrogen and oxygen atoms in total. The average molecular weight is 301 g/mol. The highest BCUT2D eigenvalue weighted by atomic mass is 16.5. The summed E-state index contributed by atoms with van der Waals surface area (Å²) in [4.78, 5) is 23.4. The van der Waals surface area contributed by atoms with Gasteiger partial charge in [-0.1, -0.05) is 12.8 Å². The lowest BCUT2D eigenvalue weighted by Crippen LogP contribution is -2.41. The lowest BCUT2D eigenvalue weighted by molar-refractivity contribution is -0.127. The number of carbonyl (C=O) groups excluding carboxylic acids is 1. The molecule has 5 heteroatoms. The topological polar surface area (TPSA) is 68.5 Å². The van der Waals surface area contributed by atoms with Crippen molar-refractivity contribution in [1.82, 2.24) is 5.32 Å². The molecule has 22 heavy (non-hydrogen) atoms. The number of carbonyl (C=O) groups is 1. The standard InChI is InChI=1S/C17H19NO4/c1-11(17(20)18-13-4-2-3-5-13)21-14-8-6-12-7-9-16(19)22-15(12)10-14/h6-11,13H,2-5H2,1H3,(H,18,20). The fourth-order valence-electron chi connectivity index (χ4n) is 2.76. The van der Waals surface area contributed by atoms with E-state index in [1.807, 2.05) is 0 Å². The highest BCUT2D eigenvalue weighted by Crippen LogP contribution is 2.21. The minimum atomic E-state index is -0.589. The molecule has 1 saturated carbocycles. The molecule has 116 valence electrons. The van der Waals surface area contributed by atoms with Gasteiger partial charge in [0.15, 0.2) is 6.10 Å². The van der Waals surface area contributed by atoms with Crippen LogP contribution in [-0.2, 0) is 4.79 Å². The highest BCUT2D eigenvalue weighted by molar-refractivity contribution is 5.81. The van der Waals surface area contributed by atoms with Crippen LogP contribution in [0.1, 0.15) is 32.6 Å². The van der Waals surface area contributed by atoms with Crippen LogP contribution in [0.3, 0.4) is 0 Å². The number of hydrogen-bond donors (Lipinski definition) is 1. The first-order valence-corrected chi connectivity index (χ1v) is 7.63. The molecule has 1 aromatic heterocycles. The second-order valence-electron chi connectivity index (χ2n) is 5.70. The minimum absolute atomic E-state index is 0.110. The maximum Gasteiger partial charge on any atom is 0.336 e. The van der Waals surface area contributed by atoms with Crippen molar-refractivity contribution in [3.63, 3.8) is 0 Å². The van der Waals surface area contributed by atoms with E-state index in [0.29, 0.717) is 11.3 Å². The monoisotopic (exact) mass is 301 g/mol. The molecule has 1 aromatic carbocycles. The number of fused-ring (bicyclic) bond motifs is 1. The third kappa shape index (κ3) is 3.30. The molecule has 1 amide bonds. The predicted octanol–water partition coefficient (Wildman–Crippen LogP) is 2.62. The molecule has 1 aliphatic carbocycles. The van der Waals surface area contributed by atoms with Crippen molar-refractivity contribution >= 4 is 16.9 Å². The van der Waals surface area contributed by atoms with Gasteiger partial charge >= 0.3 is 5.63 Å². The Bertz CT molecular complexity index is 731. The minimum Gasteiger partial charge on any atom is -0.481 e. The SMILES string of the molecule is CC(Oc1ccc2ccc(=O)oc2c1)C(=O)NC1CCCC1. The zero-order valence-electron chi connectivity index (χ0n) is 12.5. The Hall–Kier alpha value is -2.30. The molecular weight excluding hydrogens is 282 g/mol. The second-order valence-corrected chi connectivity index (χ2v) is 5.70. The third-order valence-corrected chi connectivity index (χ3v) is 3.98. The van der Waals surface area contributed by atoms with E-state index < -0.39 is 11.7 Å². The van der Waals surface area contributed by atoms with E-state index in [1.54, 1.807) is 31.2 Å². The van der Waals surface area contributed by atoms with Crippen LogP contribution in [0.4, 0.5) is 0 Å². The Balaban J connectivity index is 1.68. The molecule has 1 aliphatic rings. The van der Waals surface area contributed by atoms with Gasteiger partial charge in [0.2, 0.25) is 0 Å². The molecule has 1 atom stereocenters. The lowest BCUT2D eigenvalue weighted by Gasteiger charge is -2.18. The van der Waals surface area contributed by atoms with Gasteiger partial charge in [0.1, 0.15) is 11.3 Å². The number of hydrogen-bond acceptors (Lipinski definition) is 4. The largest absolute Gasteiger partial charge is 0.481 e. The maximum absolute atomic E-state index is 12.1. The van der Waals surface area contributed by atoms with Crippen LogP contribution in [0.5, 0.6) is 5.75 Å². The molecule has 1 N–H and O–H groups in total. The van der Waals surface area contributed by atoms with Crippen LogP contribution in [0, 0.1) is 0 Å². The molecule has 2 aromatic rings. The fraction of sp³-hybridized carbons (Fsp3) is 0.412. The Morgan fingerprint density at radius 1 is 1.27 bits per heavy atom. The van der Waals surface area contributed by atoms with E-state index in [0.717, 1.165) is 18.2 Å². The molecule has 1 heterocycles. The van der Waals surface area contributed by atoms with Crippen LogP contribution < -0.4 is 15.7 Å². The summed E-state index contributed by atoms with van der Waals surface area (Å²) in [5.74, 6) is 0.400. The van der Waals surface area contributed by atoms with E-state index in [9.17, 15) is 9.59 Å². The van der Waals surface area contributed by atoms with E-state index in [-0.39, 0.29) is 11.9 Å². The molecule has 0 saturated heterocycles. The van der Waals surface area contributed by atoms with Crippen LogP contribution in [0.2, 0.25) is 0 Å². The Labute approximate surface area is 128 Å². The Morgan fingerprint density at radius 2 is 2.00 bits per heavy atom. The van der Waals surface area contributed by atoms with E-state index in [2.05, 4.69) is 5.32 Å². The average Bonchev–Trinajstić information content (AvgIpc) is 2.99. The summed E-state index contributed by atoms with van der Waals surface area (Å²) in [7, 11) is 0. The first kappa shape index (κ1) is 14.6. The first-order valence-electron chi connectivity index (χ1n) is 7.63. The van der Waals surface area contributed by atoms with Crippen molar-refractivity contribution in [2.24, 2.45) is 0 Å². The number of rotatable bonds is 4. The maximum atomic E-state index is 12.1. The predicted molar refractivity (Wildman–Crippen MR) is 83.0 cm³/mol. The van der Waals surface area contributed by atoms with Crippen molar-refractivity contribution in [1.29, 1.82) is 0 Å². The van der Waals surface area contributed by atoms with Crippen molar-refractivity contribution in [2.45, 2.75) is 44.8 Å². The molecular formula is C17H19NO4. The molecule has 3 rings (SSSR count). The molecule has 0 spiro atoms. The summed E-state index contributed by atoms with van der Waals surface area (Å²) in [6, 6.07) is 8.54. The van der Waals surface area contributed by atoms with Gasteiger partial charge in [0.05, 0.1) is 0 Å². The summed E-state index contributed by atoms with van der Waals surface area (Å²) < 4.78 is 10.8. The summed E-state index contributed by atoms with van der Waals surface area (Å²) >= 11 is 0. The quantitative estimate of drug-likeness (QED) is 0.881. The molecule has 0 radical (unpaired) electrons. The molecule has 1 fully saturated rings. The van der Waals surface area contributed by atoms with Crippen molar-refractivity contribution in [2.75, 3.05) is 0 Å². The summed E-state index contributed by atoms with van der Waals surface area (Å²) in [6.45, 7) is 1.72. The Morgan fingerprint density at radius 3 is 2.77 bits per heavy atom. The van der Waals surface area contributed by atoms with E-state index >= 15 is 0 Å². The zero-order chi connectivity index (χ0) is 15.5. The van der Waals surface area contributed by atoms with Crippen LogP contribution >= 0.6 is 0 Å². The Kier molecular flexibility index (Phi) is 4.13. The van der Waals surface area contributed by atoms with E-state index in [1.165, 1.54) is 18.9 Å². The van der Waals surface area contributed by atoms with Gasteiger partial charge in [-0.2, -0.15) is 0 Å². The zero-order valence-corrected chi connectivity index (χ0v) is 12.5. The van der Waals surface area contributed by atoms with Crippen molar-refractivity contribution in [3.05, 3.63) is 40.8 Å². The second kappa shape index (κ2) is 6.22. The normalized spacial score (nSPS) is 16.6. The van der Waals surface area contributed by atoms with Crippen LogP contribution in [0.15, 0.2) is 39.5 Å². The van der Waals surface area contributed by atoms with Gasteiger partial charge in [-0.05, 0) is 38.0 Å². The summed E-state index contributed by atoms with van der Waals surface area (Å²) in [5, 5.41) is 3.82. The molecule has 1 unspecified atom stereocenters. The van der Waals surface area contributed by atoms with Crippen LogP contribution in [0.25, 0.3) is 11.0 Å². The lowest BCUT2D eigenvalue weighted by atomic mass is 10.2.